The van der Waals surface area contributed by atoms with Gasteiger partial charge in [-0.2, -0.15) is 0 Å². The summed E-state index contributed by atoms with van der Waals surface area (Å²) in [4.78, 5) is 38.5. The third kappa shape index (κ3) is 5.21. The van der Waals surface area contributed by atoms with Crippen LogP contribution in [-0.2, 0) is 20.7 Å². The fraction of sp³-hybridized carbons (Fsp3) is 0.500. The number of fused-ring (bicyclic) bond motifs is 5. The highest BCUT2D eigenvalue weighted by Crippen LogP contribution is 2.49. The molecule has 0 radical (unpaired) electrons. The van der Waals surface area contributed by atoms with Gasteiger partial charge in [0.1, 0.15) is 17.7 Å². The number of anilines is 2. The molecule has 8 rings (SSSR count). The maximum absolute atomic E-state index is 15.2. The number of carbonyl (C=O) groups excluding carboxylic acids is 1. The fourth-order valence-corrected chi connectivity index (χ4v) is 6.72. The SMILES string of the molecule is CN(c1ccc2c(n1)NC(=O)CO2)C12CCC(CCc3c(F)cnc4ccc(O[C@@H]5COC[C@H]5NC(=O)O)nc34)(CC1)OC2. The second-order valence-corrected chi connectivity index (χ2v) is 12.0. The van der Waals surface area contributed by atoms with Crippen molar-refractivity contribution in [1.29, 1.82) is 0 Å². The average molecular weight is 609 g/mol. The molecule has 3 saturated heterocycles. The number of halogens is 1. The normalized spacial score (nSPS) is 27.4. The summed E-state index contributed by atoms with van der Waals surface area (Å²) in [6.45, 7) is 0.900. The lowest BCUT2D eigenvalue weighted by atomic mass is 9.68. The quantitative estimate of drug-likeness (QED) is 0.345. The first-order valence-electron chi connectivity index (χ1n) is 14.7. The largest absolute Gasteiger partial charge is 0.480 e. The van der Waals surface area contributed by atoms with Crippen LogP contribution >= 0.6 is 0 Å². The van der Waals surface area contributed by atoms with E-state index in [4.69, 9.17) is 24.1 Å². The van der Waals surface area contributed by atoms with Crippen LogP contribution in [0, 0.1) is 5.82 Å². The van der Waals surface area contributed by atoms with Crippen molar-refractivity contribution in [2.75, 3.05) is 43.7 Å². The lowest BCUT2D eigenvalue weighted by Crippen LogP contribution is -2.62. The van der Waals surface area contributed by atoms with Crippen LogP contribution in [0.25, 0.3) is 11.0 Å². The van der Waals surface area contributed by atoms with Crippen LogP contribution in [0.5, 0.6) is 11.6 Å². The number of pyridine rings is 3. The van der Waals surface area contributed by atoms with Gasteiger partial charge in [0.05, 0.1) is 54.2 Å². The first-order chi connectivity index (χ1) is 21.2. The van der Waals surface area contributed by atoms with Crippen LogP contribution in [0.15, 0.2) is 30.5 Å². The number of rotatable bonds is 8. The zero-order chi connectivity index (χ0) is 30.5. The van der Waals surface area contributed by atoms with Crippen molar-refractivity contribution < 1.29 is 38.0 Å². The second-order valence-electron chi connectivity index (χ2n) is 12.0. The van der Waals surface area contributed by atoms with Crippen molar-refractivity contribution in [3.63, 3.8) is 0 Å². The molecule has 2 atom stereocenters. The minimum atomic E-state index is -1.16. The second kappa shape index (κ2) is 11.0. The first-order valence-corrected chi connectivity index (χ1v) is 14.7. The highest BCUT2D eigenvalue weighted by Gasteiger charge is 2.52. The monoisotopic (exact) mass is 608 g/mol. The Balaban J connectivity index is 1.04. The Kier molecular flexibility index (Phi) is 7.12. The van der Waals surface area contributed by atoms with Gasteiger partial charge in [-0.05, 0) is 56.7 Å². The number of nitrogens with one attached hydrogen (secondary N) is 2. The van der Waals surface area contributed by atoms with E-state index in [0.29, 0.717) is 47.6 Å². The lowest BCUT2D eigenvalue weighted by Gasteiger charge is -2.56. The summed E-state index contributed by atoms with van der Waals surface area (Å²) in [5.41, 5.74) is 0.796. The van der Waals surface area contributed by atoms with Crippen LogP contribution < -0.4 is 25.0 Å². The van der Waals surface area contributed by atoms with Crippen LogP contribution in [0.4, 0.5) is 20.8 Å². The predicted molar refractivity (Wildman–Crippen MR) is 155 cm³/mol. The van der Waals surface area contributed by atoms with Crippen LogP contribution in [0.3, 0.4) is 0 Å². The number of hydrogen-bond acceptors (Lipinski definition) is 10. The zero-order valence-electron chi connectivity index (χ0n) is 24.2. The topological polar surface area (TPSA) is 157 Å². The zero-order valence-corrected chi connectivity index (χ0v) is 24.2. The third-order valence-electron chi connectivity index (χ3n) is 9.43. The number of aromatic nitrogens is 3. The fourth-order valence-electron chi connectivity index (χ4n) is 6.72. The highest BCUT2D eigenvalue weighted by molar-refractivity contribution is 5.94. The van der Waals surface area contributed by atoms with Gasteiger partial charge in [-0.25, -0.2) is 19.2 Å². The molecule has 4 aliphatic heterocycles. The molecule has 0 unspecified atom stereocenters. The van der Waals surface area contributed by atoms with E-state index in [0.717, 1.165) is 31.5 Å². The van der Waals surface area contributed by atoms with E-state index < -0.39 is 24.1 Å². The Morgan fingerprint density at radius 2 is 2.05 bits per heavy atom. The van der Waals surface area contributed by atoms with Gasteiger partial charge < -0.3 is 39.6 Å². The van der Waals surface area contributed by atoms with E-state index in [1.165, 1.54) is 6.20 Å². The Labute approximate surface area is 252 Å². The Hall–Kier alpha value is -4.30. The van der Waals surface area contributed by atoms with Crippen molar-refractivity contribution in [3.05, 3.63) is 41.8 Å². The number of nitrogens with zero attached hydrogens (tertiary/aromatic N) is 4. The molecule has 3 aromatic rings. The molecular weight excluding hydrogens is 575 g/mol. The highest BCUT2D eigenvalue weighted by atomic mass is 19.1. The lowest BCUT2D eigenvalue weighted by molar-refractivity contribution is -0.156. The molecule has 232 valence electrons. The number of ether oxygens (including phenoxy) is 4. The smallest absolute Gasteiger partial charge is 0.405 e. The molecule has 4 fully saturated rings. The molecule has 1 saturated carbocycles. The van der Waals surface area contributed by atoms with Crippen molar-refractivity contribution in [2.45, 2.75) is 61.8 Å². The summed E-state index contributed by atoms with van der Waals surface area (Å²) >= 11 is 0. The van der Waals surface area contributed by atoms with Crippen LogP contribution in [-0.4, -0.2) is 88.8 Å². The van der Waals surface area contributed by atoms with E-state index in [-0.39, 0.29) is 42.7 Å². The number of likely N-dealkylation sites (N-methyl/N-ethyl adjacent to an activating group) is 1. The van der Waals surface area contributed by atoms with E-state index in [1.54, 1.807) is 12.1 Å². The van der Waals surface area contributed by atoms with Gasteiger partial charge in [0.25, 0.3) is 5.91 Å². The van der Waals surface area contributed by atoms with Crippen molar-refractivity contribution >= 4 is 34.7 Å². The molecule has 14 heteroatoms. The van der Waals surface area contributed by atoms with Crippen molar-refractivity contribution in [2.24, 2.45) is 0 Å². The molecule has 3 N–H and O–H groups in total. The summed E-state index contributed by atoms with van der Waals surface area (Å²) in [6, 6.07) is 6.56. The van der Waals surface area contributed by atoms with Crippen LogP contribution in [0.1, 0.15) is 37.7 Å². The minimum Gasteiger partial charge on any atom is -0.480 e. The van der Waals surface area contributed by atoms with E-state index in [9.17, 15) is 9.59 Å². The summed E-state index contributed by atoms with van der Waals surface area (Å²) in [5.74, 6) is 1.29. The number of carboxylic acid groups (broad SMARTS) is 1. The van der Waals surface area contributed by atoms with Gasteiger partial charge in [0.2, 0.25) is 5.88 Å². The standard InChI is InChI=1S/C30H33FN6O7/c1-37(23-4-3-21-27(34-23)35-24(38)15-42-21)29-8-10-30(11-9-29,43-16-29)7-6-17-18(31)12-32-19-2-5-25(36-26(17)19)44-22-14-41-13-20(22)33-28(39)40/h2-5,12,20,22,33H,6-11,13-16H2,1H3,(H,39,40)(H,34,35,38)/t20-,22-,29?,30?/m1/s1. The molecule has 0 spiro atoms. The molecule has 44 heavy (non-hydrogen) atoms. The van der Waals surface area contributed by atoms with Gasteiger partial charge in [-0.15, -0.1) is 0 Å². The first kappa shape index (κ1) is 28.5. The summed E-state index contributed by atoms with van der Waals surface area (Å²) < 4.78 is 38.6. The molecule has 0 aromatic carbocycles. The van der Waals surface area contributed by atoms with Gasteiger partial charge in [0.15, 0.2) is 18.2 Å². The maximum atomic E-state index is 15.2. The molecule has 13 nitrogen and oxygen atoms in total. The summed E-state index contributed by atoms with van der Waals surface area (Å²) in [5, 5.41) is 14.3. The Morgan fingerprint density at radius 1 is 1.20 bits per heavy atom. The van der Waals surface area contributed by atoms with Crippen molar-refractivity contribution in [3.8, 4) is 11.6 Å². The third-order valence-corrected chi connectivity index (χ3v) is 9.43. The molecular formula is C30H33FN6O7. The summed E-state index contributed by atoms with van der Waals surface area (Å²) in [6.07, 6.45) is 3.93. The number of hydrogen-bond donors (Lipinski definition) is 3. The molecule has 3 aromatic heterocycles. The maximum Gasteiger partial charge on any atom is 0.405 e. The Bertz CT molecular complexity index is 1600. The Morgan fingerprint density at radius 3 is 2.82 bits per heavy atom. The van der Waals surface area contributed by atoms with E-state index in [1.807, 2.05) is 19.2 Å². The number of carbonyl (C=O) groups is 2. The van der Waals surface area contributed by atoms with Crippen molar-refractivity contribution in [1.82, 2.24) is 20.3 Å². The van der Waals surface area contributed by atoms with Crippen LogP contribution in [0.2, 0.25) is 0 Å². The molecule has 2 amide bonds. The number of aryl methyl sites for hydroxylation is 1. The minimum absolute atomic E-state index is 0.0173. The molecule has 1 aliphatic carbocycles. The summed E-state index contributed by atoms with van der Waals surface area (Å²) in [7, 11) is 2.00. The van der Waals surface area contributed by atoms with Gasteiger partial charge in [-0.1, -0.05) is 0 Å². The van der Waals surface area contributed by atoms with Gasteiger partial charge in [-0.3, -0.25) is 9.78 Å². The van der Waals surface area contributed by atoms with E-state index in [2.05, 4.69) is 30.5 Å². The molecule has 2 bridgehead atoms. The number of amides is 2. The predicted octanol–water partition coefficient (Wildman–Crippen LogP) is 3.06. The molecule has 7 heterocycles. The average Bonchev–Trinajstić information content (AvgIpc) is 3.46. The van der Waals surface area contributed by atoms with Gasteiger partial charge in [0, 0.05) is 18.7 Å². The molecule has 5 aliphatic rings. The van der Waals surface area contributed by atoms with E-state index >= 15 is 4.39 Å². The van der Waals surface area contributed by atoms with Gasteiger partial charge >= 0.3 is 6.09 Å².